The van der Waals surface area contributed by atoms with Crippen LogP contribution in [0, 0.1) is 40.9 Å². The minimum absolute atomic E-state index is 0.210. The van der Waals surface area contributed by atoms with Gasteiger partial charge in [0.1, 0.15) is 6.29 Å². The first-order valence-electron chi connectivity index (χ1n) is 8.79. The molecule has 3 fully saturated rings. The lowest BCUT2D eigenvalue weighted by Crippen LogP contribution is -2.56. The third-order valence-electron chi connectivity index (χ3n) is 7.40. The molecule has 0 spiro atoms. The Morgan fingerprint density at radius 1 is 1.33 bits per heavy atom. The predicted octanol–water partition coefficient (Wildman–Crippen LogP) is 3.84. The number of carbonyl (C=O) groups excluding carboxylic acids is 1. The molecular formula is C19H30O2. The molecule has 0 aliphatic heterocycles. The fraction of sp³-hybridized carbons (Fsp3) is 0.842. The third kappa shape index (κ3) is 2.13. The summed E-state index contributed by atoms with van der Waals surface area (Å²) in [5, 5.41) is 10.8. The van der Waals surface area contributed by atoms with E-state index in [1.165, 1.54) is 19.3 Å². The summed E-state index contributed by atoms with van der Waals surface area (Å²) in [4.78, 5) is 10.9. The van der Waals surface area contributed by atoms with Crippen LogP contribution in [0.3, 0.4) is 0 Å². The molecule has 0 amide bonds. The number of aliphatic hydroxyl groups is 1. The maximum absolute atomic E-state index is 10.9. The normalized spacial score (nSPS) is 52.2. The Morgan fingerprint density at radius 2 is 2.10 bits per heavy atom. The first kappa shape index (κ1) is 15.3. The van der Waals surface area contributed by atoms with Crippen molar-refractivity contribution >= 4 is 6.29 Å². The number of hydrogen-bond acceptors (Lipinski definition) is 2. The van der Waals surface area contributed by atoms with Gasteiger partial charge in [-0.25, -0.2) is 0 Å². The molecule has 0 saturated heterocycles. The molecule has 3 aliphatic carbocycles. The van der Waals surface area contributed by atoms with Crippen LogP contribution >= 0.6 is 0 Å². The summed E-state index contributed by atoms with van der Waals surface area (Å²) in [5.74, 6) is 3.73. The monoisotopic (exact) mass is 290 g/mol. The molecule has 8 unspecified atom stereocenters. The molecular weight excluding hydrogens is 260 g/mol. The van der Waals surface area contributed by atoms with Crippen molar-refractivity contribution in [3.8, 4) is 0 Å². The average Bonchev–Trinajstić information content (AvgIpc) is 2.71. The summed E-state index contributed by atoms with van der Waals surface area (Å²) in [5.41, 5.74) is 0.210. The van der Waals surface area contributed by atoms with E-state index in [-0.39, 0.29) is 23.4 Å². The Morgan fingerprint density at radius 3 is 2.76 bits per heavy atom. The average molecular weight is 290 g/mol. The summed E-state index contributed by atoms with van der Waals surface area (Å²) in [6.45, 7) is 8.60. The van der Waals surface area contributed by atoms with Crippen molar-refractivity contribution < 1.29 is 9.90 Å². The van der Waals surface area contributed by atoms with Gasteiger partial charge in [0, 0.05) is 12.3 Å². The van der Waals surface area contributed by atoms with Crippen molar-refractivity contribution in [2.75, 3.05) is 0 Å². The van der Waals surface area contributed by atoms with Gasteiger partial charge in [-0.1, -0.05) is 19.9 Å². The predicted molar refractivity (Wildman–Crippen MR) is 84.7 cm³/mol. The molecule has 1 N–H and O–H groups in total. The van der Waals surface area contributed by atoms with Crippen LogP contribution in [-0.2, 0) is 4.79 Å². The van der Waals surface area contributed by atoms with Crippen LogP contribution in [0.2, 0.25) is 0 Å². The lowest BCUT2D eigenvalue weighted by molar-refractivity contribution is -0.150. The van der Waals surface area contributed by atoms with Gasteiger partial charge in [-0.15, -0.1) is 6.58 Å². The van der Waals surface area contributed by atoms with Crippen LogP contribution in [0.4, 0.5) is 0 Å². The van der Waals surface area contributed by atoms with Crippen LogP contribution in [0.5, 0.6) is 0 Å². The standard InChI is InChI=1S/C19H30O2/c1-4-14-6-7-16-12(2)10-15-11-19(17(15)16,8-5-9-20)13(3)18(14)21/h4,9,12-18,21H,1,5-8,10-11H2,2-3H3. The zero-order valence-electron chi connectivity index (χ0n) is 13.5. The highest BCUT2D eigenvalue weighted by atomic mass is 16.3. The van der Waals surface area contributed by atoms with Gasteiger partial charge < -0.3 is 9.90 Å². The molecule has 0 aromatic rings. The highest BCUT2D eigenvalue weighted by molar-refractivity contribution is 5.49. The van der Waals surface area contributed by atoms with Crippen LogP contribution in [0.1, 0.15) is 52.4 Å². The highest BCUT2D eigenvalue weighted by Gasteiger charge is 2.64. The second kappa shape index (κ2) is 5.53. The zero-order valence-corrected chi connectivity index (χ0v) is 13.5. The minimum atomic E-state index is -0.285. The first-order valence-corrected chi connectivity index (χ1v) is 8.79. The van der Waals surface area contributed by atoms with E-state index in [1.807, 2.05) is 6.08 Å². The quantitative estimate of drug-likeness (QED) is 0.631. The lowest BCUT2D eigenvalue weighted by Gasteiger charge is -2.61. The Kier molecular flexibility index (Phi) is 4.02. The van der Waals surface area contributed by atoms with Crippen molar-refractivity contribution in [3.63, 3.8) is 0 Å². The number of hydrogen-bond donors (Lipinski definition) is 1. The maximum atomic E-state index is 10.9. The highest BCUT2D eigenvalue weighted by Crippen LogP contribution is 2.70. The summed E-state index contributed by atoms with van der Waals surface area (Å²) >= 11 is 0. The topological polar surface area (TPSA) is 37.3 Å². The van der Waals surface area contributed by atoms with Gasteiger partial charge >= 0.3 is 0 Å². The summed E-state index contributed by atoms with van der Waals surface area (Å²) < 4.78 is 0. The van der Waals surface area contributed by atoms with Crippen LogP contribution in [-0.4, -0.2) is 17.5 Å². The fourth-order valence-corrected chi connectivity index (χ4v) is 6.37. The molecule has 0 aromatic carbocycles. The van der Waals surface area contributed by atoms with E-state index in [1.54, 1.807) is 0 Å². The van der Waals surface area contributed by atoms with Crippen molar-refractivity contribution in [1.29, 1.82) is 0 Å². The van der Waals surface area contributed by atoms with Crippen molar-refractivity contribution in [1.82, 2.24) is 0 Å². The molecule has 3 rings (SSSR count). The van der Waals surface area contributed by atoms with E-state index in [2.05, 4.69) is 20.4 Å². The van der Waals surface area contributed by atoms with E-state index >= 15 is 0 Å². The smallest absolute Gasteiger partial charge is 0.120 e. The molecule has 0 bridgehead atoms. The van der Waals surface area contributed by atoms with Gasteiger partial charge in [-0.2, -0.15) is 0 Å². The number of rotatable bonds is 4. The van der Waals surface area contributed by atoms with Crippen molar-refractivity contribution in [2.45, 2.75) is 58.5 Å². The van der Waals surface area contributed by atoms with E-state index < -0.39 is 0 Å². The van der Waals surface area contributed by atoms with Gasteiger partial charge in [0.05, 0.1) is 6.10 Å². The Labute approximate surface area is 129 Å². The second-order valence-corrected chi connectivity index (χ2v) is 8.06. The van der Waals surface area contributed by atoms with Crippen molar-refractivity contribution in [2.24, 2.45) is 40.9 Å². The van der Waals surface area contributed by atoms with Gasteiger partial charge in [0.25, 0.3) is 0 Å². The molecule has 0 radical (unpaired) electrons. The van der Waals surface area contributed by atoms with Crippen molar-refractivity contribution in [3.05, 3.63) is 12.7 Å². The van der Waals surface area contributed by atoms with Crippen LogP contribution < -0.4 is 0 Å². The third-order valence-corrected chi connectivity index (χ3v) is 7.40. The molecule has 8 atom stereocenters. The van der Waals surface area contributed by atoms with E-state index in [0.29, 0.717) is 6.42 Å². The Bertz CT molecular complexity index is 418. The molecule has 21 heavy (non-hydrogen) atoms. The Hall–Kier alpha value is -0.630. The molecule has 118 valence electrons. The number of aliphatic hydroxyl groups excluding tert-OH is 1. The first-order chi connectivity index (χ1) is 10.0. The van der Waals surface area contributed by atoms with E-state index in [0.717, 1.165) is 42.8 Å². The fourth-order valence-electron chi connectivity index (χ4n) is 6.37. The molecule has 0 heterocycles. The summed E-state index contributed by atoms with van der Waals surface area (Å²) in [6, 6.07) is 0. The van der Waals surface area contributed by atoms with Gasteiger partial charge in [-0.05, 0) is 67.1 Å². The minimum Gasteiger partial charge on any atom is -0.392 e. The summed E-state index contributed by atoms with van der Waals surface area (Å²) in [6.07, 6.45) is 9.27. The number of carbonyl (C=O) groups is 1. The molecule has 3 aliphatic rings. The molecule has 3 saturated carbocycles. The van der Waals surface area contributed by atoms with Gasteiger partial charge in [0.15, 0.2) is 0 Å². The summed E-state index contributed by atoms with van der Waals surface area (Å²) in [7, 11) is 0. The Balaban J connectivity index is 1.93. The second-order valence-electron chi connectivity index (χ2n) is 8.06. The largest absolute Gasteiger partial charge is 0.392 e. The van der Waals surface area contributed by atoms with Gasteiger partial charge in [0.2, 0.25) is 0 Å². The molecule has 2 nitrogen and oxygen atoms in total. The molecule has 2 heteroatoms. The van der Waals surface area contributed by atoms with Gasteiger partial charge in [-0.3, -0.25) is 0 Å². The van der Waals surface area contributed by atoms with E-state index in [4.69, 9.17) is 0 Å². The maximum Gasteiger partial charge on any atom is 0.120 e. The number of aldehydes is 1. The van der Waals surface area contributed by atoms with Crippen LogP contribution in [0.15, 0.2) is 12.7 Å². The zero-order chi connectivity index (χ0) is 15.2. The van der Waals surface area contributed by atoms with E-state index in [9.17, 15) is 9.90 Å². The molecule has 0 aromatic heterocycles. The SMILES string of the molecule is C=CC1CCC2C(C)CC3CC(CCC=O)(C(C)C1O)C32. The lowest BCUT2D eigenvalue weighted by atomic mass is 9.44. The van der Waals surface area contributed by atoms with Crippen LogP contribution in [0.25, 0.3) is 0 Å².